The molecule has 124 valence electrons. The second kappa shape index (κ2) is 7.75. The largest absolute Gasteiger partial charge is 0.497 e. The molecule has 2 aromatic rings. The van der Waals surface area contributed by atoms with Crippen LogP contribution in [0.1, 0.15) is 16.1 Å². The Hall–Kier alpha value is -2.38. The fraction of sp³-hybridized carbons (Fsp3) is 0.375. The molecule has 0 bridgehead atoms. The highest BCUT2D eigenvalue weighted by molar-refractivity contribution is 6.09. The molecule has 0 unspecified atom stereocenters. The number of rotatable bonds is 7. The molecule has 0 saturated heterocycles. The van der Waals surface area contributed by atoms with Crippen LogP contribution < -0.4 is 20.5 Å². The molecule has 0 aliphatic carbocycles. The van der Waals surface area contributed by atoms with Gasteiger partial charge in [0.25, 0.3) is 5.91 Å². The molecule has 0 aliphatic rings. The van der Waals surface area contributed by atoms with Crippen molar-refractivity contribution in [2.24, 2.45) is 5.73 Å². The molecule has 3 N–H and O–H groups in total. The molecule has 1 amide bonds. The van der Waals surface area contributed by atoms with Gasteiger partial charge in [-0.15, -0.1) is 0 Å². The molecule has 0 radical (unpaired) electrons. The lowest BCUT2D eigenvalue weighted by Gasteiger charge is -2.14. The van der Waals surface area contributed by atoms with E-state index in [-0.39, 0.29) is 12.5 Å². The van der Waals surface area contributed by atoms with Crippen LogP contribution in [0.2, 0.25) is 0 Å². The van der Waals surface area contributed by atoms with E-state index in [9.17, 15) is 4.79 Å². The molecule has 0 aliphatic heterocycles. The first-order valence-electron chi connectivity index (χ1n) is 7.17. The van der Waals surface area contributed by atoms with Gasteiger partial charge in [0.05, 0.1) is 32.1 Å². The molecule has 0 atom stereocenters. The summed E-state index contributed by atoms with van der Waals surface area (Å²) in [5.74, 6) is 0.923. The number of amides is 1. The van der Waals surface area contributed by atoms with Crippen LogP contribution in [-0.2, 0) is 11.3 Å². The fourth-order valence-corrected chi connectivity index (χ4v) is 2.35. The van der Waals surface area contributed by atoms with E-state index in [1.807, 2.05) is 0 Å². The Morgan fingerprint density at radius 1 is 1.26 bits per heavy atom. The van der Waals surface area contributed by atoms with E-state index in [1.165, 1.54) is 6.20 Å². The van der Waals surface area contributed by atoms with Gasteiger partial charge >= 0.3 is 0 Å². The van der Waals surface area contributed by atoms with Crippen molar-refractivity contribution in [1.82, 2.24) is 10.3 Å². The monoisotopic (exact) mass is 319 g/mol. The van der Waals surface area contributed by atoms with Crippen molar-refractivity contribution in [2.75, 3.05) is 34.5 Å². The number of hydrogen-bond acceptors (Lipinski definition) is 6. The number of carbonyl (C=O) groups excluding carboxylic acids is 1. The number of carbonyl (C=O) groups is 1. The third-order valence-electron chi connectivity index (χ3n) is 3.49. The molecule has 1 aromatic heterocycles. The van der Waals surface area contributed by atoms with Crippen LogP contribution in [0.5, 0.6) is 11.5 Å². The minimum atomic E-state index is -0.238. The Bertz CT molecular complexity index is 703. The van der Waals surface area contributed by atoms with Crippen LogP contribution in [0.3, 0.4) is 0 Å². The summed E-state index contributed by atoms with van der Waals surface area (Å²) < 4.78 is 15.6. The molecule has 1 heterocycles. The Kier molecular flexibility index (Phi) is 5.72. The van der Waals surface area contributed by atoms with Crippen molar-refractivity contribution < 1.29 is 19.0 Å². The molecule has 2 rings (SSSR count). The van der Waals surface area contributed by atoms with Crippen LogP contribution in [0, 0.1) is 0 Å². The summed E-state index contributed by atoms with van der Waals surface area (Å²) in [6, 6.07) is 3.53. The van der Waals surface area contributed by atoms with Gasteiger partial charge < -0.3 is 25.3 Å². The van der Waals surface area contributed by atoms with Crippen molar-refractivity contribution in [3.63, 3.8) is 0 Å². The van der Waals surface area contributed by atoms with Gasteiger partial charge in [-0.2, -0.15) is 0 Å². The van der Waals surface area contributed by atoms with E-state index in [4.69, 9.17) is 19.9 Å². The summed E-state index contributed by atoms with van der Waals surface area (Å²) in [6.45, 7) is 1.09. The number of aromatic nitrogens is 1. The molecule has 0 saturated carbocycles. The fourth-order valence-electron chi connectivity index (χ4n) is 2.35. The first kappa shape index (κ1) is 17.0. The van der Waals surface area contributed by atoms with Gasteiger partial charge in [-0.05, 0) is 6.07 Å². The second-order valence-corrected chi connectivity index (χ2v) is 4.82. The molecule has 7 heteroatoms. The maximum atomic E-state index is 12.4. The topological polar surface area (TPSA) is 95.7 Å². The summed E-state index contributed by atoms with van der Waals surface area (Å²) in [6.07, 6.45) is 1.52. The smallest absolute Gasteiger partial charge is 0.253 e. The molecule has 0 fully saturated rings. The van der Waals surface area contributed by atoms with Gasteiger partial charge in [-0.25, -0.2) is 0 Å². The number of fused-ring (bicyclic) bond motifs is 1. The van der Waals surface area contributed by atoms with E-state index in [1.54, 1.807) is 33.5 Å². The zero-order valence-corrected chi connectivity index (χ0v) is 13.5. The van der Waals surface area contributed by atoms with E-state index in [0.29, 0.717) is 41.3 Å². The molecular formula is C16H21N3O4. The number of pyridine rings is 1. The summed E-state index contributed by atoms with van der Waals surface area (Å²) in [4.78, 5) is 16.7. The van der Waals surface area contributed by atoms with Crippen LogP contribution in [0.15, 0.2) is 18.3 Å². The number of ether oxygens (including phenoxy) is 3. The van der Waals surface area contributed by atoms with Crippen LogP contribution in [0.4, 0.5) is 0 Å². The number of methoxy groups -OCH3 is 3. The molecule has 1 aromatic carbocycles. The Balaban J connectivity index is 2.59. The highest BCUT2D eigenvalue weighted by Gasteiger charge is 2.17. The van der Waals surface area contributed by atoms with Crippen molar-refractivity contribution in [2.45, 2.75) is 6.54 Å². The second-order valence-electron chi connectivity index (χ2n) is 4.82. The lowest BCUT2D eigenvalue weighted by Crippen LogP contribution is -2.27. The van der Waals surface area contributed by atoms with Gasteiger partial charge in [0.1, 0.15) is 11.5 Å². The Labute approximate surface area is 134 Å². The number of nitrogens with two attached hydrogens (primary N) is 1. The van der Waals surface area contributed by atoms with Crippen LogP contribution in [-0.4, -0.2) is 45.4 Å². The number of benzene rings is 1. The summed E-state index contributed by atoms with van der Waals surface area (Å²) in [5, 5.41) is 4.19. The molecular weight excluding hydrogens is 298 g/mol. The van der Waals surface area contributed by atoms with Crippen LogP contribution >= 0.6 is 0 Å². The van der Waals surface area contributed by atoms with E-state index >= 15 is 0 Å². The predicted octanol–water partition coefficient (Wildman–Crippen LogP) is 1.09. The average molecular weight is 319 g/mol. The lowest BCUT2D eigenvalue weighted by atomic mass is 10.0. The zero-order valence-electron chi connectivity index (χ0n) is 13.5. The van der Waals surface area contributed by atoms with Crippen LogP contribution in [0.25, 0.3) is 10.8 Å². The maximum Gasteiger partial charge on any atom is 0.253 e. The van der Waals surface area contributed by atoms with Crippen molar-refractivity contribution in [1.29, 1.82) is 0 Å². The lowest BCUT2D eigenvalue weighted by molar-refractivity contribution is 0.0938. The van der Waals surface area contributed by atoms with E-state index < -0.39 is 0 Å². The summed E-state index contributed by atoms with van der Waals surface area (Å²) in [5.41, 5.74) is 6.86. The average Bonchev–Trinajstić information content (AvgIpc) is 2.59. The SMILES string of the molecule is COCCNC(=O)c1cnc(CN)c2c(OC)cc(OC)cc12. The van der Waals surface area contributed by atoms with Crippen molar-refractivity contribution in [3.05, 3.63) is 29.6 Å². The Morgan fingerprint density at radius 3 is 2.65 bits per heavy atom. The quantitative estimate of drug-likeness (QED) is 0.742. The first-order chi connectivity index (χ1) is 11.2. The number of nitrogens with one attached hydrogen (secondary N) is 1. The maximum absolute atomic E-state index is 12.4. The van der Waals surface area contributed by atoms with Gasteiger partial charge in [-0.1, -0.05) is 0 Å². The van der Waals surface area contributed by atoms with E-state index in [2.05, 4.69) is 10.3 Å². The normalized spacial score (nSPS) is 10.6. The van der Waals surface area contributed by atoms with Gasteiger partial charge in [0, 0.05) is 43.2 Å². The third-order valence-corrected chi connectivity index (χ3v) is 3.49. The standard InChI is InChI=1S/C16H21N3O4/c1-21-5-4-18-16(20)12-9-19-13(8-17)15-11(12)6-10(22-2)7-14(15)23-3/h6-7,9H,4-5,8,17H2,1-3H3,(H,18,20). The first-order valence-corrected chi connectivity index (χ1v) is 7.17. The minimum Gasteiger partial charge on any atom is -0.497 e. The summed E-state index contributed by atoms with van der Waals surface area (Å²) in [7, 11) is 4.69. The molecule has 23 heavy (non-hydrogen) atoms. The van der Waals surface area contributed by atoms with Gasteiger partial charge in [-0.3, -0.25) is 9.78 Å². The molecule has 0 spiro atoms. The summed E-state index contributed by atoms with van der Waals surface area (Å²) >= 11 is 0. The van der Waals surface area contributed by atoms with Crippen molar-refractivity contribution in [3.8, 4) is 11.5 Å². The number of hydrogen-bond donors (Lipinski definition) is 2. The highest BCUT2D eigenvalue weighted by atomic mass is 16.5. The molecule has 7 nitrogen and oxygen atoms in total. The minimum absolute atomic E-state index is 0.238. The zero-order chi connectivity index (χ0) is 16.8. The third kappa shape index (κ3) is 3.52. The predicted molar refractivity (Wildman–Crippen MR) is 86.9 cm³/mol. The highest BCUT2D eigenvalue weighted by Crippen LogP contribution is 2.34. The van der Waals surface area contributed by atoms with Crippen molar-refractivity contribution >= 4 is 16.7 Å². The Morgan fingerprint density at radius 2 is 2.04 bits per heavy atom. The number of nitrogens with zero attached hydrogens (tertiary/aromatic N) is 1. The van der Waals surface area contributed by atoms with Gasteiger partial charge in [0.2, 0.25) is 0 Å². The van der Waals surface area contributed by atoms with E-state index in [0.717, 1.165) is 5.39 Å². The van der Waals surface area contributed by atoms with Gasteiger partial charge in [0.15, 0.2) is 0 Å².